The van der Waals surface area contributed by atoms with Gasteiger partial charge in [0, 0.05) is 5.56 Å². The fourth-order valence-corrected chi connectivity index (χ4v) is 6.43. The van der Waals surface area contributed by atoms with Gasteiger partial charge in [0.1, 0.15) is 35.3 Å². The van der Waals surface area contributed by atoms with E-state index in [1.807, 2.05) is 60.7 Å². The maximum absolute atomic E-state index is 12.9. The average molecular weight is 644 g/mol. The van der Waals surface area contributed by atoms with E-state index in [2.05, 4.69) is 61.9 Å². The van der Waals surface area contributed by atoms with Gasteiger partial charge in [-0.3, -0.25) is 4.79 Å². The van der Waals surface area contributed by atoms with Crippen LogP contribution in [0.1, 0.15) is 39.9 Å². The van der Waals surface area contributed by atoms with Crippen LogP contribution in [0.3, 0.4) is 0 Å². The zero-order valence-corrected chi connectivity index (χ0v) is 26.8. The number of anilines is 3. The monoisotopic (exact) mass is 643 g/mol. The lowest BCUT2D eigenvalue weighted by Crippen LogP contribution is -2.38. The summed E-state index contributed by atoms with van der Waals surface area (Å²) in [5.74, 6) is 2.42. The number of hydrogen-bond acceptors (Lipinski definition) is 9. The maximum Gasteiger partial charge on any atom is 0.256 e. The lowest BCUT2D eigenvalue weighted by atomic mass is 9.80. The molecule has 2 N–H and O–H groups in total. The van der Waals surface area contributed by atoms with Crippen LogP contribution < -0.4 is 25.0 Å². The minimum Gasteiger partial charge on any atom is -0.497 e. The summed E-state index contributed by atoms with van der Waals surface area (Å²) in [5, 5.41) is 6.28. The van der Waals surface area contributed by atoms with Gasteiger partial charge in [0.15, 0.2) is 11.6 Å². The van der Waals surface area contributed by atoms with E-state index < -0.39 is 5.60 Å². The molecule has 1 aromatic heterocycles. The van der Waals surface area contributed by atoms with E-state index in [0.717, 1.165) is 41.0 Å². The Hall–Kier alpha value is -5.45. The molecule has 10 heteroatoms. The third-order valence-electron chi connectivity index (χ3n) is 8.89. The van der Waals surface area contributed by atoms with Gasteiger partial charge in [-0.05, 0) is 65.9 Å². The number of amides is 1. The number of nitrogens with one attached hydrogen (secondary N) is 2. The highest BCUT2D eigenvalue weighted by Crippen LogP contribution is 2.43. The lowest BCUT2D eigenvalue weighted by Gasteiger charge is -2.37. The summed E-state index contributed by atoms with van der Waals surface area (Å²) in [4.78, 5) is 23.8. The van der Waals surface area contributed by atoms with Gasteiger partial charge in [-0.25, -0.2) is 9.97 Å². The Balaban J connectivity index is 1.13. The molecular formula is C38H37N5O5. The van der Waals surface area contributed by atoms with Gasteiger partial charge in [-0.2, -0.15) is 0 Å². The molecule has 2 aliphatic heterocycles. The fourth-order valence-electron chi connectivity index (χ4n) is 6.43. The van der Waals surface area contributed by atoms with E-state index in [1.54, 1.807) is 26.4 Å². The van der Waals surface area contributed by atoms with E-state index in [0.29, 0.717) is 36.2 Å². The summed E-state index contributed by atoms with van der Waals surface area (Å²) in [5.41, 5.74) is 3.23. The van der Waals surface area contributed by atoms with E-state index in [1.165, 1.54) is 6.33 Å². The number of nitrogens with zero attached hydrogens (tertiary/aromatic N) is 3. The zero-order chi connectivity index (χ0) is 32.9. The van der Waals surface area contributed by atoms with E-state index >= 15 is 0 Å². The summed E-state index contributed by atoms with van der Waals surface area (Å²) in [6, 6.07) is 35.3. The maximum atomic E-state index is 12.9. The van der Waals surface area contributed by atoms with Crippen molar-refractivity contribution in [1.29, 1.82) is 0 Å². The minimum atomic E-state index is -0.928. The van der Waals surface area contributed by atoms with E-state index in [4.69, 9.17) is 18.9 Å². The minimum absolute atomic E-state index is 0.169. The second-order valence-corrected chi connectivity index (χ2v) is 11.7. The van der Waals surface area contributed by atoms with Crippen LogP contribution in [-0.4, -0.2) is 55.7 Å². The van der Waals surface area contributed by atoms with Gasteiger partial charge in [-0.15, -0.1) is 0 Å². The number of hydrogen-bond donors (Lipinski definition) is 2. The third kappa shape index (κ3) is 6.03. The number of ether oxygens (including phenoxy) is 4. The van der Waals surface area contributed by atoms with Gasteiger partial charge in [0.2, 0.25) is 0 Å². The highest BCUT2D eigenvalue weighted by atomic mass is 16.6. The largest absolute Gasteiger partial charge is 0.497 e. The molecule has 48 heavy (non-hydrogen) atoms. The predicted octanol–water partition coefficient (Wildman–Crippen LogP) is 6.45. The first-order chi connectivity index (χ1) is 23.6. The molecule has 244 valence electrons. The summed E-state index contributed by atoms with van der Waals surface area (Å²) < 4.78 is 24.7. The molecule has 3 heterocycles. The summed E-state index contributed by atoms with van der Waals surface area (Å²) in [6.45, 7) is 0.825. The van der Waals surface area contributed by atoms with E-state index in [9.17, 15) is 4.79 Å². The zero-order valence-electron chi connectivity index (χ0n) is 26.8. The Bertz CT molecular complexity index is 1790. The van der Waals surface area contributed by atoms with Crippen molar-refractivity contribution in [3.63, 3.8) is 0 Å². The lowest BCUT2D eigenvalue weighted by molar-refractivity contribution is -0.0615. The second kappa shape index (κ2) is 13.7. The SMILES string of the molecule is COc1ccc(C(OC[C@@H]2CC[C@H](N3CNc4c(NC(=O)c5ccccc5)ncnc43)O2)(c2ccccc2)c2ccc(OC)cc2)cc1. The smallest absolute Gasteiger partial charge is 0.256 e. The summed E-state index contributed by atoms with van der Waals surface area (Å²) in [7, 11) is 3.32. The Morgan fingerprint density at radius 3 is 2.06 bits per heavy atom. The second-order valence-electron chi connectivity index (χ2n) is 11.7. The Morgan fingerprint density at radius 2 is 1.44 bits per heavy atom. The van der Waals surface area contributed by atoms with Gasteiger partial charge >= 0.3 is 0 Å². The van der Waals surface area contributed by atoms with Crippen LogP contribution in [0.5, 0.6) is 11.5 Å². The standard InChI is InChI=1S/C38H37N5O5/c1-45-30-17-13-28(14-18-30)38(27-11-7-4-8-12-27,29-15-19-31(46-2)20-16-29)47-23-32-21-22-33(48-32)43-25-41-34-35(39-24-40-36(34)43)42-37(44)26-9-5-3-6-10-26/h3-20,24,32-33,41H,21-23,25H2,1-2H3,(H,39,40,42,44)/t32-,33+/m0/s1. The molecule has 0 bridgehead atoms. The number of rotatable bonds is 11. The molecule has 1 amide bonds. The van der Waals surface area contributed by atoms with Crippen LogP contribution in [0.25, 0.3) is 0 Å². The number of benzene rings is 4. The van der Waals surface area contributed by atoms with Crippen molar-refractivity contribution >= 4 is 23.2 Å². The first kappa shape index (κ1) is 31.2. The first-order valence-electron chi connectivity index (χ1n) is 15.9. The molecule has 10 nitrogen and oxygen atoms in total. The Kier molecular flexibility index (Phi) is 8.91. The molecule has 4 aromatic carbocycles. The number of aromatic nitrogens is 2. The van der Waals surface area contributed by atoms with Crippen molar-refractivity contribution in [1.82, 2.24) is 9.97 Å². The van der Waals surface area contributed by atoms with Crippen LogP contribution in [0.4, 0.5) is 17.3 Å². The normalized spacial score (nSPS) is 17.0. The fraction of sp³-hybridized carbons (Fsp3) is 0.237. The predicted molar refractivity (Wildman–Crippen MR) is 184 cm³/mol. The molecule has 7 rings (SSSR count). The van der Waals surface area contributed by atoms with Crippen molar-refractivity contribution in [2.45, 2.75) is 30.8 Å². The van der Waals surface area contributed by atoms with Crippen LogP contribution in [0.15, 0.2) is 116 Å². The summed E-state index contributed by atoms with van der Waals surface area (Å²) in [6.07, 6.45) is 2.65. The van der Waals surface area contributed by atoms with Crippen LogP contribution >= 0.6 is 0 Å². The number of carbonyl (C=O) groups excluding carboxylic acids is 1. The van der Waals surface area contributed by atoms with Crippen LogP contribution in [0, 0.1) is 0 Å². The van der Waals surface area contributed by atoms with Gasteiger partial charge in [0.25, 0.3) is 5.91 Å². The topological polar surface area (TPSA) is 107 Å². The first-order valence-corrected chi connectivity index (χ1v) is 15.9. The number of carbonyl (C=O) groups is 1. The molecule has 0 unspecified atom stereocenters. The van der Waals surface area contributed by atoms with Crippen LogP contribution in [-0.2, 0) is 15.1 Å². The number of fused-ring (bicyclic) bond motifs is 1. The highest BCUT2D eigenvalue weighted by molar-refractivity contribution is 6.06. The van der Waals surface area contributed by atoms with Crippen LogP contribution in [0.2, 0.25) is 0 Å². The van der Waals surface area contributed by atoms with Crippen molar-refractivity contribution < 1.29 is 23.7 Å². The van der Waals surface area contributed by atoms with Gasteiger partial charge in [0.05, 0.1) is 33.6 Å². The van der Waals surface area contributed by atoms with Gasteiger partial charge in [-0.1, -0.05) is 72.8 Å². The quantitative estimate of drug-likeness (QED) is 0.157. The highest BCUT2D eigenvalue weighted by Gasteiger charge is 2.41. The molecule has 1 saturated heterocycles. The molecular weight excluding hydrogens is 606 g/mol. The Labute approximate surface area is 279 Å². The molecule has 1 fully saturated rings. The van der Waals surface area contributed by atoms with E-state index in [-0.39, 0.29) is 18.2 Å². The Morgan fingerprint density at radius 1 is 0.833 bits per heavy atom. The molecule has 0 saturated carbocycles. The molecule has 0 spiro atoms. The van der Waals surface area contributed by atoms with Crippen molar-refractivity contribution in [3.05, 3.63) is 138 Å². The van der Waals surface area contributed by atoms with Crippen molar-refractivity contribution in [3.8, 4) is 11.5 Å². The van der Waals surface area contributed by atoms with Crippen molar-refractivity contribution in [2.24, 2.45) is 0 Å². The molecule has 0 radical (unpaired) electrons. The average Bonchev–Trinajstić information content (AvgIpc) is 3.81. The summed E-state index contributed by atoms with van der Waals surface area (Å²) >= 11 is 0. The number of methoxy groups -OCH3 is 2. The van der Waals surface area contributed by atoms with Crippen molar-refractivity contribution in [2.75, 3.05) is 43.0 Å². The molecule has 2 atom stereocenters. The molecule has 5 aromatic rings. The molecule has 2 aliphatic rings. The molecule has 0 aliphatic carbocycles. The third-order valence-corrected chi connectivity index (χ3v) is 8.89. The van der Waals surface area contributed by atoms with Gasteiger partial charge < -0.3 is 34.5 Å².